The van der Waals surface area contributed by atoms with Crippen LogP contribution >= 0.6 is 0 Å². The minimum absolute atomic E-state index is 0.0518. The van der Waals surface area contributed by atoms with Crippen LogP contribution in [0, 0.1) is 6.92 Å². The Hall–Kier alpha value is -4.24. The summed E-state index contributed by atoms with van der Waals surface area (Å²) < 4.78 is 1.80. The van der Waals surface area contributed by atoms with Gasteiger partial charge in [-0.15, -0.1) is 0 Å². The first-order valence-corrected chi connectivity index (χ1v) is 10.7. The largest absolute Gasteiger partial charge is 0.268 e. The van der Waals surface area contributed by atoms with E-state index in [-0.39, 0.29) is 5.56 Å². The second-order valence-corrected chi connectivity index (χ2v) is 8.10. The molecule has 0 bridgehead atoms. The Morgan fingerprint density at radius 3 is 2.06 bits per heavy atom. The Kier molecular flexibility index (Phi) is 4.15. The summed E-state index contributed by atoms with van der Waals surface area (Å²) in [6, 6.07) is 34.4. The van der Waals surface area contributed by atoms with Crippen molar-refractivity contribution in [2.45, 2.75) is 6.92 Å². The predicted octanol–water partition coefficient (Wildman–Crippen LogP) is 6.64. The van der Waals surface area contributed by atoms with E-state index in [9.17, 15) is 4.79 Å². The maximum atomic E-state index is 13.9. The number of aromatic nitrogens is 2. The van der Waals surface area contributed by atoms with Gasteiger partial charge in [0.05, 0.1) is 16.6 Å². The molecule has 0 spiro atoms. The fourth-order valence-corrected chi connectivity index (χ4v) is 4.59. The molecule has 0 atom stereocenters. The predicted molar refractivity (Wildman–Crippen MR) is 132 cm³/mol. The van der Waals surface area contributed by atoms with E-state index in [0.29, 0.717) is 16.6 Å². The van der Waals surface area contributed by atoms with Crippen LogP contribution in [0.5, 0.6) is 0 Å². The topological polar surface area (TPSA) is 34.4 Å². The second kappa shape index (κ2) is 7.17. The van der Waals surface area contributed by atoms with Crippen LogP contribution in [-0.4, -0.2) is 9.38 Å². The molecular weight excluding hydrogens is 392 g/mol. The fraction of sp³-hybridized carbons (Fsp3) is 0.0345. The molecule has 0 saturated heterocycles. The van der Waals surface area contributed by atoms with Crippen LogP contribution in [0.2, 0.25) is 0 Å². The first-order chi connectivity index (χ1) is 15.7. The summed E-state index contributed by atoms with van der Waals surface area (Å²) in [7, 11) is 0. The molecule has 6 rings (SSSR count). The molecule has 0 N–H and O–H groups in total. The van der Waals surface area contributed by atoms with Gasteiger partial charge < -0.3 is 0 Å². The van der Waals surface area contributed by atoms with Crippen molar-refractivity contribution in [3.8, 4) is 22.4 Å². The third-order valence-electron chi connectivity index (χ3n) is 6.03. The molecule has 6 aromatic rings. The molecule has 2 aromatic heterocycles. The number of benzene rings is 4. The Labute approximate surface area is 185 Å². The number of fused-ring (bicyclic) bond motifs is 4. The zero-order chi connectivity index (χ0) is 21.7. The first-order valence-electron chi connectivity index (χ1n) is 10.7. The molecule has 0 unspecified atom stereocenters. The van der Waals surface area contributed by atoms with Crippen LogP contribution in [0.3, 0.4) is 0 Å². The maximum absolute atomic E-state index is 13.9. The van der Waals surface area contributed by atoms with Crippen LogP contribution in [0.4, 0.5) is 0 Å². The molecule has 0 fully saturated rings. The van der Waals surface area contributed by atoms with E-state index in [2.05, 4.69) is 49.4 Å². The SMILES string of the molecule is Cc1ccc2c(c1)c(-c1ccccc1)c(-c1ccccc1)n1c(=O)c3ccccc3nc21. The van der Waals surface area contributed by atoms with Gasteiger partial charge in [0, 0.05) is 10.9 Å². The highest BCUT2D eigenvalue weighted by atomic mass is 16.1. The molecule has 4 aromatic carbocycles. The van der Waals surface area contributed by atoms with Gasteiger partial charge in [-0.1, -0.05) is 96.6 Å². The van der Waals surface area contributed by atoms with E-state index in [1.807, 2.05) is 60.7 Å². The van der Waals surface area contributed by atoms with Crippen molar-refractivity contribution in [3.05, 3.63) is 119 Å². The Morgan fingerprint density at radius 2 is 1.31 bits per heavy atom. The van der Waals surface area contributed by atoms with Crippen LogP contribution in [0.15, 0.2) is 108 Å². The van der Waals surface area contributed by atoms with Gasteiger partial charge >= 0.3 is 0 Å². The summed E-state index contributed by atoms with van der Waals surface area (Å²) >= 11 is 0. The molecule has 0 aliphatic carbocycles. The minimum Gasteiger partial charge on any atom is -0.268 e. The molecule has 2 heterocycles. The molecule has 0 saturated carbocycles. The monoisotopic (exact) mass is 412 g/mol. The van der Waals surface area contributed by atoms with E-state index in [1.54, 1.807) is 4.40 Å². The number of hydrogen-bond acceptors (Lipinski definition) is 2. The molecule has 32 heavy (non-hydrogen) atoms. The third kappa shape index (κ3) is 2.75. The van der Waals surface area contributed by atoms with Crippen molar-refractivity contribution in [3.63, 3.8) is 0 Å². The quantitative estimate of drug-likeness (QED) is 0.236. The number of rotatable bonds is 2. The van der Waals surface area contributed by atoms with Gasteiger partial charge in [0.2, 0.25) is 0 Å². The number of pyridine rings is 1. The Bertz CT molecular complexity index is 1680. The number of para-hydroxylation sites is 1. The third-order valence-corrected chi connectivity index (χ3v) is 6.03. The van der Waals surface area contributed by atoms with Crippen molar-refractivity contribution >= 4 is 27.3 Å². The van der Waals surface area contributed by atoms with Crippen molar-refractivity contribution in [2.75, 3.05) is 0 Å². The summed E-state index contributed by atoms with van der Waals surface area (Å²) in [5.41, 5.74) is 6.48. The average Bonchev–Trinajstić information content (AvgIpc) is 2.84. The molecule has 0 aliphatic heterocycles. The Balaban J connectivity index is 1.97. The lowest BCUT2D eigenvalue weighted by atomic mass is 9.92. The van der Waals surface area contributed by atoms with Crippen LogP contribution in [0.25, 0.3) is 49.7 Å². The molecule has 0 amide bonds. The molecule has 3 heteroatoms. The maximum Gasteiger partial charge on any atom is 0.266 e. The van der Waals surface area contributed by atoms with Crippen molar-refractivity contribution in [1.29, 1.82) is 0 Å². The fourth-order valence-electron chi connectivity index (χ4n) is 4.59. The van der Waals surface area contributed by atoms with Gasteiger partial charge in [-0.2, -0.15) is 0 Å². The molecule has 0 aliphatic rings. The summed E-state index contributed by atoms with van der Waals surface area (Å²) in [6.45, 7) is 2.10. The summed E-state index contributed by atoms with van der Waals surface area (Å²) in [4.78, 5) is 18.9. The van der Waals surface area contributed by atoms with E-state index in [4.69, 9.17) is 4.98 Å². The minimum atomic E-state index is -0.0518. The van der Waals surface area contributed by atoms with Crippen molar-refractivity contribution in [1.82, 2.24) is 9.38 Å². The van der Waals surface area contributed by atoms with Gasteiger partial charge in [-0.05, 0) is 35.6 Å². The standard InChI is InChI=1S/C29H20N2O/c1-19-16-17-22-24(18-19)26(20-10-4-2-5-11-20)27(21-12-6-3-7-13-21)31-28(22)30-25-15-9-8-14-23(25)29(31)32/h2-18H,1H3. The van der Waals surface area contributed by atoms with Gasteiger partial charge in [-0.25, -0.2) is 4.98 Å². The smallest absolute Gasteiger partial charge is 0.266 e. The molecular formula is C29H20N2O. The van der Waals surface area contributed by atoms with E-state index >= 15 is 0 Å². The lowest BCUT2D eigenvalue weighted by Gasteiger charge is -2.19. The highest BCUT2D eigenvalue weighted by molar-refractivity contribution is 6.09. The van der Waals surface area contributed by atoms with Crippen LogP contribution < -0.4 is 5.56 Å². The first kappa shape index (κ1) is 18.5. The summed E-state index contributed by atoms with van der Waals surface area (Å²) in [5.74, 6) is 0. The van der Waals surface area contributed by atoms with E-state index < -0.39 is 0 Å². The highest BCUT2D eigenvalue weighted by Gasteiger charge is 2.20. The number of nitrogens with zero attached hydrogens (tertiary/aromatic N) is 2. The molecule has 152 valence electrons. The van der Waals surface area contributed by atoms with E-state index in [0.717, 1.165) is 33.2 Å². The average molecular weight is 412 g/mol. The number of aryl methyl sites for hydroxylation is 1. The van der Waals surface area contributed by atoms with E-state index in [1.165, 1.54) is 5.56 Å². The lowest BCUT2D eigenvalue weighted by molar-refractivity contribution is 1.10. The molecule has 3 nitrogen and oxygen atoms in total. The van der Waals surface area contributed by atoms with Gasteiger partial charge in [-0.3, -0.25) is 9.20 Å². The van der Waals surface area contributed by atoms with Gasteiger partial charge in [0.25, 0.3) is 5.56 Å². The van der Waals surface area contributed by atoms with Crippen LogP contribution in [-0.2, 0) is 0 Å². The normalized spacial score (nSPS) is 11.4. The van der Waals surface area contributed by atoms with Crippen molar-refractivity contribution in [2.24, 2.45) is 0 Å². The highest BCUT2D eigenvalue weighted by Crippen LogP contribution is 2.39. The summed E-state index contributed by atoms with van der Waals surface area (Å²) in [6.07, 6.45) is 0. The van der Waals surface area contributed by atoms with Crippen LogP contribution in [0.1, 0.15) is 5.56 Å². The van der Waals surface area contributed by atoms with Crippen molar-refractivity contribution < 1.29 is 0 Å². The zero-order valence-electron chi connectivity index (χ0n) is 17.6. The summed E-state index contributed by atoms with van der Waals surface area (Å²) in [5, 5.41) is 2.68. The molecule has 0 radical (unpaired) electrons. The van der Waals surface area contributed by atoms with Gasteiger partial charge in [0.15, 0.2) is 0 Å². The zero-order valence-corrected chi connectivity index (χ0v) is 17.6. The Morgan fingerprint density at radius 1 is 0.656 bits per heavy atom. The second-order valence-electron chi connectivity index (χ2n) is 8.10. The van der Waals surface area contributed by atoms with Gasteiger partial charge in [0.1, 0.15) is 5.65 Å². The lowest BCUT2D eigenvalue weighted by Crippen LogP contribution is -2.18. The number of hydrogen-bond donors (Lipinski definition) is 0.